The number of piperidine rings is 1. The van der Waals surface area contributed by atoms with Crippen molar-refractivity contribution in [3.05, 3.63) is 16.4 Å². The number of ketones is 1. The lowest BCUT2D eigenvalue weighted by atomic mass is 9.92. The zero-order chi connectivity index (χ0) is 12.3. The van der Waals surface area contributed by atoms with Crippen LogP contribution in [0.4, 0.5) is 0 Å². The number of nitrogens with one attached hydrogen (secondary N) is 1. The van der Waals surface area contributed by atoms with Gasteiger partial charge in [-0.15, -0.1) is 0 Å². The van der Waals surface area contributed by atoms with Gasteiger partial charge in [-0.1, -0.05) is 0 Å². The highest BCUT2D eigenvalue weighted by Crippen LogP contribution is 2.23. The lowest BCUT2D eigenvalue weighted by molar-refractivity contribution is 0.0941. The van der Waals surface area contributed by atoms with Crippen molar-refractivity contribution in [3.63, 3.8) is 0 Å². The summed E-state index contributed by atoms with van der Waals surface area (Å²) in [4.78, 5) is 12.3. The number of rotatable bonds is 4. The molecule has 1 aromatic heterocycles. The van der Waals surface area contributed by atoms with E-state index in [0.717, 1.165) is 42.6 Å². The fourth-order valence-electron chi connectivity index (χ4n) is 2.32. The van der Waals surface area contributed by atoms with Crippen LogP contribution in [-0.2, 0) is 6.54 Å². The van der Waals surface area contributed by atoms with Crippen LogP contribution in [0.15, 0.2) is 10.7 Å². The zero-order valence-corrected chi connectivity index (χ0v) is 11.7. The fourth-order valence-corrected chi connectivity index (χ4v) is 2.84. The quantitative estimate of drug-likeness (QED) is 0.868. The molecule has 4 nitrogen and oxygen atoms in total. The Hall–Kier alpha value is -0.680. The van der Waals surface area contributed by atoms with E-state index in [9.17, 15) is 4.79 Å². The molecule has 0 unspecified atom stereocenters. The number of nitrogens with zero attached hydrogens (tertiary/aromatic N) is 2. The molecule has 0 aromatic carbocycles. The van der Waals surface area contributed by atoms with Crippen LogP contribution in [0.3, 0.4) is 0 Å². The molecule has 0 spiro atoms. The van der Waals surface area contributed by atoms with Gasteiger partial charge in [0.15, 0.2) is 5.78 Å². The predicted molar refractivity (Wildman–Crippen MR) is 70.1 cm³/mol. The van der Waals surface area contributed by atoms with E-state index < -0.39 is 0 Å². The summed E-state index contributed by atoms with van der Waals surface area (Å²) in [6.45, 7) is 4.80. The first-order chi connectivity index (χ1) is 8.22. The minimum Gasteiger partial charge on any atom is -0.317 e. The molecule has 5 heteroatoms. The molecule has 1 N–H and O–H groups in total. The summed E-state index contributed by atoms with van der Waals surface area (Å²) in [6, 6.07) is 0. The van der Waals surface area contributed by atoms with Crippen molar-refractivity contribution < 1.29 is 4.79 Å². The predicted octanol–water partition coefficient (Wildman–Crippen LogP) is 2.24. The molecule has 1 aliphatic rings. The first kappa shape index (κ1) is 12.8. The van der Waals surface area contributed by atoms with E-state index in [2.05, 4.69) is 26.3 Å². The first-order valence-electron chi connectivity index (χ1n) is 6.17. The molecule has 1 fully saturated rings. The number of carbonyl (C=O) groups is 1. The van der Waals surface area contributed by atoms with Crippen LogP contribution in [0.1, 0.15) is 36.7 Å². The van der Waals surface area contributed by atoms with Crippen molar-refractivity contribution in [2.75, 3.05) is 13.1 Å². The van der Waals surface area contributed by atoms with Gasteiger partial charge < -0.3 is 5.32 Å². The van der Waals surface area contributed by atoms with E-state index in [1.54, 1.807) is 10.9 Å². The molecule has 0 radical (unpaired) electrons. The van der Waals surface area contributed by atoms with E-state index >= 15 is 0 Å². The number of hydrogen-bond donors (Lipinski definition) is 1. The molecular formula is C12H18BrN3O. The highest BCUT2D eigenvalue weighted by Gasteiger charge is 2.22. The standard InChI is InChI=1S/C12H18BrN3O/c1-2-16-12(10(13)8-15-16)11(17)7-9-3-5-14-6-4-9/h8-9,14H,2-7H2,1H3. The Morgan fingerprint density at radius 3 is 2.94 bits per heavy atom. The largest absolute Gasteiger partial charge is 0.317 e. The maximum Gasteiger partial charge on any atom is 0.182 e. The highest BCUT2D eigenvalue weighted by molar-refractivity contribution is 9.10. The van der Waals surface area contributed by atoms with Crippen molar-refractivity contribution in [2.45, 2.75) is 32.7 Å². The molecule has 1 aliphatic heterocycles. The van der Waals surface area contributed by atoms with Gasteiger partial charge in [-0.2, -0.15) is 5.10 Å². The van der Waals surface area contributed by atoms with Gasteiger partial charge in [0.2, 0.25) is 0 Å². The normalized spacial score (nSPS) is 17.3. The van der Waals surface area contributed by atoms with Gasteiger partial charge in [-0.25, -0.2) is 0 Å². The van der Waals surface area contributed by atoms with Crippen LogP contribution >= 0.6 is 15.9 Å². The summed E-state index contributed by atoms with van der Waals surface area (Å²) < 4.78 is 2.59. The molecule has 0 bridgehead atoms. The average Bonchev–Trinajstić information content (AvgIpc) is 2.71. The van der Waals surface area contributed by atoms with Crippen molar-refractivity contribution in [2.24, 2.45) is 5.92 Å². The van der Waals surface area contributed by atoms with Gasteiger partial charge >= 0.3 is 0 Å². The first-order valence-corrected chi connectivity index (χ1v) is 6.97. The van der Waals surface area contributed by atoms with Crippen LogP contribution in [0.2, 0.25) is 0 Å². The minimum atomic E-state index is 0.211. The van der Waals surface area contributed by atoms with Crippen LogP contribution in [0.25, 0.3) is 0 Å². The summed E-state index contributed by atoms with van der Waals surface area (Å²) in [5.74, 6) is 0.735. The number of hydrogen-bond acceptors (Lipinski definition) is 3. The number of carbonyl (C=O) groups excluding carboxylic acids is 1. The lowest BCUT2D eigenvalue weighted by Gasteiger charge is -2.21. The second-order valence-corrected chi connectivity index (χ2v) is 5.33. The van der Waals surface area contributed by atoms with Crippen molar-refractivity contribution in [1.82, 2.24) is 15.1 Å². The number of aromatic nitrogens is 2. The molecule has 1 aromatic rings. The summed E-state index contributed by atoms with van der Waals surface area (Å²) in [7, 11) is 0. The van der Waals surface area contributed by atoms with Gasteiger partial charge in [-0.05, 0) is 54.7 Å². The van der Waals surface area contributed by atoms with Gasteiger partial charge in [0.05, 0.1) is 10.7 Å². The summed E-state index contributed by atoms with van der Waals surface area (Å²) in [6.07, 6.45) is 4.55. The molecule has 0 aliphatic carbocycles. The third kappa shape index (κ3) is 2.96. The van der Waals surface area contributed by atoms with Crippen LogP contribution < -0.4 is 5.32 Å². The molecule has 0 amide bonds. The van der Waals surface area contributed by atoms with E-state index in [1.165, 1.54) is 0 Å². The smallest absolute Gasteiger partial charge is 0.182 e. The third-order valence-corrected chi connectivity index (χ3v) is 3.87. The minimum absolute atomic E-state index is 0.211. The molecular weight excluding hydrogens is 282 g/mol. The summed E-state index contributed by atoms with van der Waals surface area (Å²) in [5.41, 5.74) is 0.728. The third-order valence-electron chi connectivity index (χ3n) is 3.29. The Balaban J connectivity index is 2.05. The van der Waals surface area contributed by atoms with Gasteiger partial charge in [-0.3, -0.25) is 9.48 Å². The molecule has 0 atom stereocenters. The van der Waals surface area contributed by atoms with E-state index in [0.29, 0.717) is 12.3 Å². The van der Waals surface area contributed by atoms with Crippen LogP contribution in [0.5, 0.6) is 0 Å². The maximum absolute atomic E-state index is 12.3. The van der Waals surface area contributed by atoms with E-state index in [1.807, 2.05) is 6.92 Å². The summed E-state index contributed by atoms with van der Waals surface area (Å²) in [5, 5.41) is 7.50. The highest BCUT2D eigenvalue weighted by atomic mass is 79.9. The lowest BCUT2D eigenvalue weighted by Crippen LogP contribution is -2.29. The molecule has 17 heavy (non-hydrogen) atoms. The second-order valence-electron chi connectivity index (χ2n) is 4.48. The SMILES string of the molecule is CCn1ncc(Br)c1C(=O)CC1CCNCC1. The zero-order valence-electron chi connectivity index (χ0n) is 10.1. The van der Waals surface area contributed by atoms with E-state index in [4.69, 9.17) is 0 Å². The van der Waals surface area contributed by atoms with Gasteiger partial charge in [0, 0.05) is 13.0 Å². The average molecular weight is 300 g/mol. The Morgan fingerprint density at radius 2 is 2.29 bits per heavy atom. The Labute approximate surface area is 110 Å². The number of halogens is 1. The fraction of sp³-hybridized carbons (Fsp3) is 0.667. The Bertz CT molecular complexity index is 396. The second kappa shape index (κ2) is 5.78. The van der Waals surface area contributed by atoms with Crippen molar-refractivity contribution in [3.8, 4) is 0 Å². The van der Waals surface area contributed by atoms with E-state index in [-0.39, 0.29) is 5.78 Å². The molecule has 94 valence electrons. The number of aryl methyl sites for hydroxylation is 1. The van der Waals surface area contributed by atoms with Crippen molar-refractivity contribution in [1.29, 1.82) is 0 Å². The molecule has 0 saturated carbocycles. The molecule has 2 rings (SSSR count). The van der Waals surface area contributed by atoms with Crippen molar-refractivity contribution >= 4 is 21.7 Å². The molecule has 2 heterocycles. The Kier molecular flexibility index (Phi) is 4.34. The topological polar surface area (TPSA) is 46.9 Å². The molecule has 1 saturated heterocycles. The monoisotopic (exact) mass is 299 g/mol. The van der Waals surface area contributed by atoms with Gasteiger partial charge in [0.1, 0.15) is 5.69 Å². The maximum atomic E-state index is 12.3. The van der Waals surface area contributed by atoms with Gasteiger partial charge in [0.25, 0.3) is 0 Å². The number of Topliss-reactive ketones (excluding diaryl/α,β-unsaturated/α-hetero) is 1. The van der Waals surface area contributed by atoms with Crippen LogP contribution in [0, 0.1) is 5.92 Å². The summed E-state index contributed by atoms with van der Waals surface area (Å²) >= 11 is 3.41. The van der Waals surface area contributed by atoms with Crippen LogP contribution in [-0.4, -0.2) is 28.7 Å². The Morgan fingerprint density at radius 1 is 1.59 bits per heavy atom.